The van der Waals surface area contributed by atoms with Gasteiger partial charge in [0.25, 0.3) is 0 Å². The Morgan fingerprint density at radius 2 is 2.03 bits per heavy atom. The third kappa shape index (κ3) is 3.43. The second-order valence-corrected chi connectivity index (χ2v) is 10.1. The first-order valence-corrected chi connectivity index (χ1v) is 11.0. The molecule has 0 radical (unpaired) electrons. The second-order valence-electron chi connectivity index (χ2n) is 9.69. The zero-order valence-corrected chi connectivity index (χ0v) is 18.3. The second kappa shape index (κ2) is 7.46. The first-order chi connectivity index (χ1) is 14.2. The van der Waals surface area contributed by atoms with Crippen LogP contribution in [0, 0.1) is 40.5 Å². The van der Waals surface area contributed by atoms with E-state index in [2.05, 4.69) is 12.2 Å². The topological polar surface area (TPSA) is 94.7 Å². The van der Waals surface area contributed by atoms with Crippen LogP contribution in [-0.2, 0) is 4.79 Å². The van der Waals surface area contributed by atoms with Crippen molar-refractivity contribution in [3.8, 4) is 11.9 Å². The lowest BCUT2D eigenvalue weighted by atomic mass is 9.44. The number of aliphatic imine (C=N–C) groups is 1. The van der Waals surface area contributed by atoms with Crippen molar-refractivity contribution in [1.29, 1.82) is 5.26 Å². The summed E-state index contributed by atoms with van der Waals surface area (Å²) in [6, 6.07) is 7.09. The van der Waals surface area contributed by atoms with Gasteiger partial charge in [-0.2, -0.15) is 5.26 Å². The average molecular weight is 430 g/mol. The number of aliphatic carboxylic acids is 1. The van der Waals surface area contributed by atoms with E-state index < -0.39 is 17.0 Å². The highest BCUT2D eigenvalue weighted by molar-refractivity contribution is 6.30. The van der Waals surface area contributed by atoms with Crippen LogP contribution in [0.25, 0.3) is 0 Å². The van der Waals surface area contributed by atoms with Crippen molar-refractivity contribution in [3.05, 3.63) is 29.3 Å². The monoisotopic (exact) mass is 429 g/mol. The van der Waals surface area contributed by atoms with Crippen molar-refractivity contribution in [2.75, 3.05) is 0 Å². The lowest BCUT2D eigenvalue weighted by Crippen LogP contribution is -2.61. The summed E-state index contributed by atoms with van der Waals surface area (Å²) in [5.74, 6) is 1.46. The van der Waals surface area contributed by atoms with Gasteiger partial charge in [0.2, 0.25) is 0 Å². The van der Waals surface area contributed by atoms with E-state index in [1.807, 2.05) is 20.0 Å². The molecule has 0 saturated heterocycles. The van der Waals surface area contributed by atoms with Gasteiger partial charge in [0.1, 0.15) is 5.75 Å². The summed E-state index contributed by atoms with van der Waals surface area (Å²) < 4.78 is 6.15. The molecular weight excluding hydrogens is 402 g/mol. The Balaban J connectivity index is 1.63. The molecule has 4 aliphatic carbocycles. The summed E-state index contributed by atoms with van der Waals surface area (Å²) in [6.45, 7) is 5.83. The standard InChI is InChI=1S/C23H28ClN3O3/c1-13-18-9-14-8-15(11-23(13,10-14)21(28)29)19(18)27-20(26-12-25)22(2,3)30-17-6-4-16(24)5-7-17/h4-7,13-15,18-19H,8-11H2,1-3H3,(H,26,27)(H,28,29). The van der Waals surface area contributed by atoms with Gasteiger partial charge in [-0.25, -0.2) is 0 Å². The number of carboxylic acids is 1. The number of hydrogen-bond donors (Lipinski definition) is 2. The highest BCUT2D eigenvalue weighted by atomic mass is 35.5. The molecule has 6 nitrogen and oxygen atoms in total. The maximum absolute atomic E-state index is 12.2. The molecule has 160 valence electrons. The maximum atomic E-state index is 12.2. The van der Waals surface area contributed by atoms with Crippen molar-refractivity contribution in [2.24, 2.45) is 34.1 Å². The summed E-state index contributed by atoms with van der Waals surface area (Å²) in [4.78, 5) is 17.2. The zero-order chi connectivity index (χ0) is 21.7. The van der Waals surface area contributed by atoms with E-state index in [1.54, 1.807) is 24.3 Å². The van der Waals surface area contributed by atoms with Gasteiger partial charge in [0, 0.05) is 5.02 Å². The fourth-order valence-electron chi connectivity index (χ4n) is 6.21. The van der Waals surface area contributed by atoms with E-state index >= 15 is 0 Å². The number of nitriles is 1. The Kier molecular flexibility index (Phi) is 5.22. The van der Waals surface area contributed by atoms with Crippen molar-refractivity contribution in [2.45, 2.75) is 58.1 Å². The number of benzene rings is 1. The molecule has 0 spiro atoms. The predicted molar refractivity (Wildman–Crippen MR) is 114 cm³/mol. The molecule has 4 fully saturated rings. The van der Waals surface area contributed by atoms with Crippen LogP contribution in [0.2, 0.25) is 5.02 Å². The van der Waals surface area contributed by atoms with Gasteiger partial charge >= 0.3 is 5.97 Å². The maximum Gasteiger partial charge on any atom is 0.309 e. The van der Waals surface area contributed by atoms with E-state index in [0.717, 1.165) is 19.3 Å². The Bertz CT molecular complexity index is 907. The molecule has 6 unspecified atom stereocenters. The molecule has 1 aromatic rings. The molecule has 0 amide bonds. The van der Waals surface area contributed by atoms with E-state index in [4.69, 9.17) is 21.3 Å². The molecule has 2 N–H and O–H groups in total. The fourth-order valence-corrected chi connectivity index (χ4v) is 6.34. The SMILES string of the molecule is CC1C2CC3CC(CC1(C(=O)O)C3)C2N=C(NC#N)C(C)(C)Oc1ccc(Cl)cc1. The van der Waals surface area contributed by atoms with Crippen LogP contribution < -0.4 is 10.1 Å². The summed E-state index contributed by atoms with van der Waals surface area (Å²) >= 11 is 5.96. The molecule has 0 aliphatic heterocycles. The lowest BCUT2D eigenvalue weighted by molar-refractivity contribution is -0.178. The molecule has 4 bridgehead atoms. The third-order valence-corrected chi connectivity index (χ3v) is 7.84. The number of nitrogens with zero attached hydrogens (tertiary/aromatic N) is 2. The summed E-state index contributed by atoms with van der Waals surface area (Å²) in [5.41, 5.74) is -1.47. The Morgan fingerprint density at radius 1 is 1.33 bits per heavy atom. The number of nitrogens with one attached hydrogen (secondary N) is 1. The van der Waals surface area contributed by atoms with Gasteiger partial charge in [-0.1, -0.05) is 18.5 Å². The first-order valence-electron chi connectivity index (χ1n) is 10.6. The molecule has 7 heteroatoms. The number of hydrogen-bond acceptors (Lipinski definition) is 4. The predicted octanol–water partition coefficient (Wildman–Crippen LogP) is 4.49. The molecule has 5 rings (SSSR count). The minimum Gasteiger partial charge on any atom is -0.481 e. The summed E-state index contributed by atoms with van der Waals surface area (Å²) in [7, 11) is 0. The molecular formula is C23H28ClN3O3. The normalized spacial score (nSPS) is 35.0. The van der Waals surface area contributed by atoms with E-state index in [-0.39, 0.29) is 23.8 Å². The molecule has 30 heavy (non-hydrogen) atoms. The summed E-state index contributed by atoms with van der Waals surface area (Å²) in [5, 5.41) is 22.7. The lowest BCUT2D eigenvalue weighted by Gasteiger charge is -2.61. The number of carboxylic acid groups (broad SMARTS) is 1. The molecule has 1 aromatic carbocycles. The highest BCUT2D eigenvalue weighted by Gasteiger charge is 2.62. The smallest absolute Gasteiger partial charge is 0.309 e. The van der Waals surface area contributed by atoms with Gasteiger partial charge in [-0.3, -0.25) is 15.1 Å². The van der Waals surface area contributed by atoms with E-state index in [9.17, 15) is 15.2 Å². The average Bonchev–Trinajstić information content (AvgIpc) is 2.68. The van der Waals surface area contributed by atoms with Crippen LogP contribution in [0.1, 0.15) is 46.5 Å². The molecule has 0 aromatic heterocycles. The van der Waals surface area contributed by atoms with Crippen LogP contribution in [0.5, 0.6) is 5.75 Å². The minimum absolute atomic E-state index is 0.00738. The van der Waals surface area contributed by atoms with Gasteiger partial charge in [0.05, 0.1) is 11.5 Å². The number of amidine groups is 1. The number of ether oxygens (including phenoxy) is 1. The molecule has 6 atom stereocenters. The van der Waals surface area contributed by atoms with Crippen LogP contribution in [0.3, 0.4) is 0 Å². The van der Waals surface area contributed by atoms with Crippen LogP contribution >= 0.6 is 11.6 Å². The largest absolute Gasteiger partial charge is 0.481 e. The minimum atomic E-state index is -0.855. The fraction of sp³-hybridized carbons (Fsp3) is 0.609. The Labute approximate surface area is 182 Å². The zero-order valence-electron chi connectivity index (χ0n) is 17.6. The van der Waals surface area contributed by atoms with Crippen LogP contribution in [-0.4, -0.2) is 28.6 Å². The third-order valence-electron chi connectivity index (χ3n) is 7.59. The van der Waals surface area contributed by atoms with Gasteiger partial charge in [-0.15, -0.1) is 0 Å². The Hall–Kier alpha value is -2.26. The number of halogens is 1. The molecule has 4 aliphatic rings. The van der Waals surface area contributed by atoms with Crippen molar-refractivity contribution in [3.63, 3.8) is 0 Å². The van der Waals surface area contributed by atoms with Crippen LogP contribution in [0.15, 0.2) is 29.3 Å². The quantitative estimate of drug-likeness (QED) is 0.311. The summed E-state index contributed by atoms with van der Waals surface area (Å²) in [6.07, 6.45) is 5.50. The molecule has 4 saturated carbocycles. The van der Waals surface area contributed by atoms with Crippen molar-refractivity contribution < 1.29 is 14.6 Å². The van der Waals surface area contributed by atoms with Crippen molar-refractivity contribution in [1.82, 2.24) is 5.32 Å². The molecule has 0 heterocycles. The Morgan fingerprint density at radius 3 is 2.67 bits per heavy atom. The van der Waals surface area contributed by atoms with Gasteiger partial charge < -0.3 is 9.84 Å². The van der Waals surface area contributed by atoms with Crippen LogP contribution in [0.4, 0.5) is 0 Å². The number of rotatable bonds is 5. The first kappa shape index (κ1) is 21.0. The van der Waals surface area contributed by atoms with Gasteiger partial charge in [-0.05, 0) is 87.5 Å². The van der Waals surface area contributed by atoms with Crippen molar-refractivity contribution >= 4 is 23.4 Å². The highest BCUT2D eigenvalue weighted by Crippen LogP contribution is 2.63. The number of carbonyl (C=O) groups is 1. The van der Waals surface area contributed by atoms with Gasteiger partial charge in [0.15, 0.2) is 17.6 Å². The van der Waals surface area contributed by atoms with E-state index in [1.165, 1.54) is 0 Å². The van der Waals surface area contributed by atoms with E-state index in [0.29, 0.717) is 28.9 Å².